The summed E-state index contributed by atoms with van der Waals surface area (Å²) >= 11 is 0. The molecule has 2 aromatic rings. The molecule has 4 nitrogen and oxygen atoms in total. The highest BCUT2D eigenvalue weighted by atomic mass is 19.4. The lowest BCUT2D eigenvalue weighted by Gasteiger charge is -2.39. The van der Waals surface area contributed by atoms with Crippen LogP contribution >= 0.6 is 0 Å². The van der Waals surface area contributed by atoms with Gasteiger partial charge in [0.1, 0.15) is 5.60 Å². The molecule has 2 atom stereocenters. The zero-order chi connectivity index (χ0) is 20.2. The molecule has 0 heterocycles. The van der Waals surface area contributed by atoms with E-state index in [-0.39, 0.29) is 12.0 Å². The highest BCUT2D eigenvalue weighted by molar-refractivity contribution is 5.86. The Morgan fingerprint density at radius 2 is 1.68 bits per heavy atom. The van der Waals surface area contributed by atoms with Gasteiger partial charge in [0.05, 0.1) is 5.92 Å². The fraction of sp³-hybridized carbons (Fsp3) is 0.190. The molecule has 3 rings (SSSR count). The average molecular weight is 389 g/mol. The van der Waals surface area contributed by atoms with Crippen molar-refractivity contribution in [2.24, 2.45) is 0 Å². The van der Waals surface area contributed by atoms with Crippen LogP contribution in [0.2, 0.25) is 0 Å². The summed E-state index contributed by atoms with van der Waals surface area (Å²) in [5.41, 5.74) is 1.02. The first kappa shape index (κ1) is 19.9. The summed E-state index contributed by atoms with van der Waals surface area (Å²) in [6.07, 6.45) is -0.851. The molecule has 146 valence electrons. The van der Waals surface area contributed by atoms with E-state index < -0.39 is 23.8 Å². The fourth-order valence-electron chi connectivity index (χ4n) is 3.50. The van der Waals surface area contributed by atoms with Gasteiger partial charge in [0.15, 0.2) is 0 Å². The first-order valence-corrected chi connectivity index (χ1v) is 8.54. The minimum absolute atomic E-state index is 0.208. The number of nitrogens with one attached hydrogen (secondary N) is 1. The van der Waals surface area contributed by atoms with Crippen LogP contribution in [0.3, 0.4) is 0 Å². The van der Waals surface area contributed by atoms with Crippen LogP contribution in [0.25, 0.3) is 5.57 Å². The number of hydrogen-bond donors (Lipinski definition) is 2. The Bertz CT molecular complexity index is 879. The molecule has 7 heteroatoms. The third-order valence-corrected chi connectivity index (χ3v) is 4.59. The molecule has 0 aromatic heterocycles. The number of ether oxygens (including phenoxy) is 1. The Labute approximate surface area is 159 Å². The molecular weight excluding hydrogens is 371 g/mol. The molecule has 2 unspecified atom stereocenters. The number of hydroxylamine groups is 1. The molecule has 1 amide bonds. The van der Waals surface area contributed by atoms with E-state index in [1.807, 2.05) is 0 Å². The van der Waals surface area contributed by atoms with E-state index in [9.17, 15) is 23.2 Å². The molecule has 0 radical (unpaired) electrons. The highest BCUT2D eigenvalue weighted by Crippen LogP contribution is 2.45. The summed E-state index contributed by atoms with van der Waals surface area (Å²) in [5.74, 6) is -2.42. The standard InChI is InChI=1S/C21H18F3NO3/c22-21(23,24)28-20(18(19(26)25-27)16-10-5-2-6-11-16)13-7-12-17(14-20)15-8-3-1-4-9-15/h1-13,18,27H,14H2,(H,25,26). The van der Waals surface area contributed by atoms with Gasteiger partial charge in [-0.05, 0) is 16.7 Å². The lowest BCUT2D eigenvalue weighted by molar-refractivity contribution is -0.359. The first-order chi connectivity index (χ1) is 13.3. The molecule has 0 bridgehead atoms. The van der Waals surface area contributed by atoms with Gasteiger partial charge in [-0.15, -0.1) is 13.2 Å². The predicted octanol–water partition coefficient (Wildman–Crippen LogP) is 4.59. The van der Waals surface area contributed by atoms with Crippen molar-refractivity contribution in [3.05, 3.63) is 90.0 Å². The number of carbonyl (C=O) groups excluding carboxylic acids is 1. The van der Waals surface area contributed by atoms with Crippen molar-refractivity contribution >= 4 is 11.5 Å². The van der Waals surface area contributed by atoms with Crippen molar-refractivity contribution < 1.29 is 27.9 Å². The quantitative estimate of drug-likeness (QED) is 0.581. The third-order valence-electron chi connectivity index (χ3n) is 4.59. The molecule has 2 aromatic carbocycles. The zero-order valence-corrected chi connectivity index (χ0v) is 14.7. The van der Waals surface area contributed by atoms with Crippen LogP contribution in [0.1, 0.15) is 23.5 Å². The maximum atomic E-state index is 13.4. The summed E-state index contributed by atoms with van der Waals surface area (Å²) < 4.78 is 44.7. The Balaban J connectivity index is 2.11. The van der Waals surface area contributed by atoms with Crippen molar-refractivity contribution in [2.75, 3.05) is 0 Å². The van der Waals surface area contributed by atoms with Crippen molar-refractivity contribution in [3.63, 3.8) is 0 Å². The van der Waals surface area contributed by atoms with Crippen LogP contribution in [-0.2, 0) is 9.53 Å². The highest BCUT2D eigenvalue weighted by Gasteiger charge is 2.51. The van der Waals surface area contributed by atoms with E-state index in [0.717, 1.165) is 5.56 Å². The van der Waals surface area contributed by atoms with E-state index in [2.05, 4.69) is 4.74 Å². The molecule has 0 spiro atoms. The second kappa shape index (κ2) is 8.00. The second-order valence-corrected chi connectivity index (χ2v) is 6.42. The van der Waals surface area contributed by atoms with E-state index in [4.69, 9.17) is 0 Å². The molecule has 1 aliphatic rings. The first-order valence-electron chi connectivity index (χ1n) is 8.54. The van der Waals surface area contributed by atoms with Gasteiger partial charge in [-0.3, -0.25) is 14.7 Å². The van der Waals surface area contributed by atoms with Crippen molar-refractivity contribution in [2.45, 2.75) is 24.3 Å². The van der Waals surface area contributed by atoms with Crippen molar-refractivity contribution in [1.82, 2.24) is 5.48 Å². The molecular formula is C21H18F3NO3. The Morgan fingerprint density at radius 1 is 1.07 bits per heavy atom. The van der Waals surface area contributed by atoms with Gasteiger partial charge in [0.25, 0.3) is 5.91 Å². The van der Waals surface area contributed by atoms with Crippen LogP contribution in [-0.4, -0.2) is 23.1 Å². The number of hydrogen-bond acceptors (Lipinski definition) is 3. The van der Waals surface area contributed by atoms with Gasteiger partial charge in [0, 0.05) is 6.42 Å². The van der Waals surface area contributed by atoms with Crippen LogP contribution in [0.5, 0.6) is 0 Å². The van der Waals surface area contributed by atoms with Crippen LogP contribution < -0.4 is 5.48 Å². The molecule has 0 saturated heterocycles. The lowest BCUT2D eigenvalue weighted by Crippen LogP contribution is -2.48. The van der Waals surface area contributed by atoms with E-state index in [0.29, 0.717) is 5.57 Å². The van der Waals surface area contributed by atoms with Gasteiger partial charge >= 0.3 is 6.36 Å². The molecule has 28 heavy (non-hydrogen) atoms. The SMILES string of the molecule is O=C(NO)C(c1ccccc1)C1(OC(F)(F)F)C=CC=C(c2ccccc2)C1. The Hall–Kier alpha value is -2.90. The van der Waals surface area contributed by atoms with E-state index in [1.54, 1.807) is 54.6 Å². The van der Waals surface area contributed by atoms with Gasteiger partial charge in [-0.1, -0.05) is 78.9 Å². The summed E-state index contributed by atoms with van der Waals surface area (Å²) in [5, 5.41) is 9.22. The van der Waals surface area contributed by atoms with Crippen LogP contribution in [0.4, 0.5) is 13.2 Å². The topological polar surface area (TPSA) is 58.6 Å². The lowest BCUT2D eigenvalue weighted by atomic mass is 9.74. The summed E-state index contributed by atoms with van der Waals surface area (Å²) in [6.45, 7) is 0. The summed E-state index contributed by atoms with van der Waals surface area (Å²) in [7, 11) is 0. The Morgan fingerprint density at radius 3 is 2.25 bits per heavy atom. The van der Waals surface area contributed by atoms with Crippen molar-refractivity contribution in [1.29, 1.82) is 0 Å². The van der Waals surface area contributed by atoms with E-state index in [1.165, 1.54) is 29.8 Å². The number of carbonyl (C=O) groups is 1. The number of rotatable bonds is 5. The fourth-order valence-corrected chi connectivity index (χ4v) is 3.50. The van der Waals surface area contributed by atoms with Gasteiger partial charge in [0.2, 0.25) is 0 Å². The average Bonchev–Trinajstić information content (AvgIpc) is 2.68. The van der Waals surface area contributed by atoms with Crippen molar-refractivity contribution in [3.8, 4) is 0 Å². The maximum absolute atomic E-state index is 13.4. The monoisotopic (exact) mass is 389 g/mol. The molecule has 2 N–H and O–H groups in total. The number of benzene rings is 2. The van der Waals surface area contributed by atoms with Gasteiger partial charge < -0.3 is 0 Å². The minimum Gasteiger partial charge on any atom is -0.289 e. The van der Waals surface area contributed by atoms with Crippen LogP contribution in [0, 0.1) is 0 Å². The largest absolute Gasteiger partial charge is 0.523 e. The smallest absolute Gasteiger partial charge is 0.289 e. The zero-order valence-electron chi connectivity index (χ0n) is 14.7. The summed E-state index contributed by atoms with van der Waals surface area (Å²) in [4.78, 5) is 12.5. The number of allylic oxidation sites excluding steroid dienone is 2. The predicted molar refractivity (Wildman–Crippen MR) is 97.2 cm³/mol. The normalized spacial score (nSPS) is 20.4. The minimum atomic E-state index is -4.99. The number of amides is 1. The molecule has 1 aliphatic carbocycles. The number of halogens is 3. The molecule has 0 aliphatic heterocycles. The Kier molecular flexibility index (Phi) is 5.67. The summed E-state index contributed by atoms with van der Waals surface area (Å²) in [6, 6.07) is 16.8. The molecule has 0 saturated carbocycles. The van der Waals surface area contributed by atoms with Gasteiger partial charge in [-0.25, -0.2) is 5.48 Å². The maximum Gasteiger partial charge on any atom is 0.523 e. The van der Waals surface area contributed by atoms with E-state index >= 15 is 0 Å². The third kappa shape index (κ3) is 4.32. The molecule has 0 fully saturated rings. The van der Waals surface area contributed by atoms with Crippen LogP contribution in [0.15, 0.2) is 78.9 Å². The van der Waals surface area contributed by atoms with Gasteiger partial charge in [-0.2, -0.15) is 0 Å². The number of alkyl halides is 3. The second-order valence-electron chi connectivity index (χ2n) is 6.42.